The Morgan fingerprint density at radius 2 is 0.600 bits per heavy atom. The van der Waals surface area contributed by atoms with Gasteiger partial charge in [0.25, 0.3) is 0 Å². The highest BCUT2D eigenvalue weighted by atomic mass is 31.2. The second-order valence-corrected chi connectivity index (χ2v) is 28.8. The summed E-state index contributed by atoms with van der Waals surface area (Å²) in [6.45, 7) is 9.44. The summed E-state index contributed by atoms with van der Waals surface area (Å²) < 4.78 is 68.2. The number of unbranched alkanes of at least 4 members (excludes halogenated alkanes) is 35. The third-order valence-corrected chi connectivity index (χ3v) is 17.7. The molecular weight excluding hydrogens is 1190 g/mol. The molecule has 0 heterocycles. The molecule has 0 saturated heterocycles. The maximum Gasteiger partial charge on any atom is 0.472 e. The van der Waals surface area contributed by atoms with Crippen molar-refractivity contribution in [2.24, 2.45) is 11.8 Å². The minimum atomic E-state index is -4.96. The molecule has 3 N–H and O–H groups in total. The normalized spacial score (nSPS) is 14.3. The van der Waals surface area contributed by atoms with E-state index < -0.39 is 97.5 Å². The Kier molecular flexibility index (Phi) is 60.9. The van der Waals surface area contributed by atoms with Crippen LogP contribution in [0.5, 0.6) is 0 Å². The van der Waals surface area contributed by atoms with Crippen LogP contribution in [0, 0.1) is 11.8 Å². The molecule has 530 valence electrons. The van der Waals surface area contributed by atoms with Gasteiger partial charge in [0.2, 0.25) is 0 Å². The third kappa shape index (κ3) is 64.3. The van der Waals surface area contributed by atoms with Crippen LogP contribution in [0.25, 0.3) is 0 Å². The minimum Gasteiger partial charge on any atom is -0.462 e. The largest absolute Gasteiger partial charge is 0.472 e. The summed E-state index contributed by atoms with van der Waals surface area (Å²) >= 11 is 0. The van der Waals surface area contributed by atoms with Crippen LogP contribution in [0.3, 0.4) is 0 Å². The molecule has 0 fully saturated rings. The number of hydrogen-bond acceptors (Lipinski definition) is 15. The van der Waals surface area contributed by atoms with Crippen LogP contribution in [-0.2, 0) is 65.4 Å². The van der Waals surface area contributed by atoms with Gasteiger partial charge in [-0.25, -0.2) is 9.13 Å². The SMILES string of the molecule is CCCCCC/C=C\C=C/CCCCCCCC(=O)OC[C@H](COP(=O)(O)OC[C@@H](O)COP(=O)(O)OC[C@@H](COC(=O)CCCCCCCCC)OC(=O)CCCCCCCCCCCC(C)C)OC(=O)CCCCCCCCCCCCCCCC(C)C. The molecule has 0 aromatic carbocycles. The van der Waals surface area contributed by atoms with Crippen LogP contribution >= 0.6 is 15.6 Å². The van der Waals surface area contributed by atoms with Gasteiger partial charge in [-0.3, -0.25) is 37.3 Å². The first-order valence-electron chi connectivity index (χ1n) is 36.3. The third-order valence-electron chi connectivity index (χ3n) is 15.8. The molecule has 90 heavy (non-hydrogen) atoms. The predicted octanol–water partition coefficient (Wildman–Crippen LogP) is 19.9. The molecular formula is C71H134O17P2. The Morgan fingerprint density at radius 1 is 0.344 bits per heavy atom. The van der Waals surface area contributed by atoms with Crippen molar-refractivity contribution in [1.29, 1.82) is 0 Å². The Labute approximate surface area is 548 Å². The number of aliphatic hydroxyl groups is 1. The second-order valence-electron chi connectivity index (χ2n) is 25.9. The molecule has 0 aromatic rings. The molecule has 0 spiro atoms. The summed E-state index contributed by atoms with van der Waals surface area (Å²) in [4.78, 5) is 72.4. The molecule has 2 unspecified atom stereocenters. The van der Waals surface area contributed by atoms with Gasteiger partial charge < -0.3 is 33.8 Å². The van der Waals surface area contributed by atoms with E-state index in [4.69, 9.17) is 37.0 Å². The molecule has 0 rings (SSSR count). The summed E-state index contributed by atoms with van der Waals surface area (Å²) in [5.74, 6) is -0.639. The molecule has 5 atom stereocenters. The molecule has 0 aromatic heterocycles. The van der Waals surface area contributed by atoms with Crippen molar-refractivity contribution in [1.82, 2.24) is 0 Å². The van der Waals surface area contributed by atoms with Crippen molar-refractivity contribution in [3.63, 3.8) is 0 Å². The van der Waals surface area contributed by atoms with Gasteiger partial charge >= 0.3 is 39.5 Å². The van der Waals surface area contributed by atoms with Crippen molar-refractivity contribution in [2.45, 2.75) is 355 Å². The average Bonchev–Trinajstić information content (AvgIpc) is 3.10. The molecule has 0 aliphatic heterocycles. The molecule has 17 nitrogen and oxygen atoms in total. The lowest BCUT2D eigenvalue weighted by molar-refractivity contribution is -0.161. The van der Waals surface area contributed by atoms with Gasteiger partial charge in [0.15, 0.2) is 12.2 Å². The number of esters is 4. The van der Waals surface area contributed by atoms with E-state index in [0.29, 0.717) is 25.7 Å². The first-order chi connectivity index (χ1) is 43.4. The Bertz CT molecular complexity index is 1850. The van der Waals surface area contributed by atoms with Crippen LogP contribution in [0.4, 0.5) is 0 Å². The van der Waals surface area contributed by atoms with Gasteiger partial charge in [-0.1, -0.05) is 284 Å². The maximum absolute atomic E-state index is 13.0. The van der Waals surface area contributed by atoms with Gasteiger partial charge in [0, 0.05) is 25.7 Å². The standard InChI is InChI=1S/C71H134O17P2/c1-7-9-11-13-15-16-17-18-19-22-25-30-36-42-48-54-69(74)82-60-67(88-70(75)55-49-43-37-31-26-23-20-21-24-28-34-39-45-51-63(3)4)62-86-90(79,80)84-58-65(72)57-83-89(77,78)85-61-66(59-81-68(73)53-47-41-33-14-12-10-8-2)87-71(76)56-50-44-38-32-27-29-35-40-46-52-64(5)6/h16-19,63-67,72H,7-15,20-62H2,1-6H3,(H,77,78)(H,79,80)/b17-16-,19-18-/t65-,66+,67+/m0/s1. The van der Waals surface area contributed by atoms with E-state index in [2.05, 4.69) is 65.8 Å². The number of ether oxygens (including phenoxy) is 4. The number of rotatable bonds is 68. The number of aliphatic hydroxyl groups excluding tert-OH is 1. The fourth-order valence-electron chi connectivity index (χ4n) is 10.2. The second kappa shape index (κ2) is 62.6. The van der Waals surface area contributed by atoms with Crippen LogP contribution < -0.4 is 0 Å². The molecule has 0 saturated carbocycles. The number of carbonyl (C=O) groups excluding carboxylic acids is 4. The number of phosphoric ester groups is 2. The van der Waals surface area contributed by atoms with Gasteiger partial charge in [-0.05, 0) is 63.2 Å². The molecule has 0 radical (unpaired) electrons. The summed E-state index contributed by atoms with van der Waals surface area (Å²) in [7, 11) is -9.91. The number of phosphoric acid groups is 2. The zero-order valence-electron chi connectivity index (χ0n) is 57.9. The fraction of sp³-hybridized carbons (Fsp3) is 0.887. The van der Waals surface area contributed by atoms with Crippen molar-refractivity contribution in [3.8, 4) is 0 Å². The van der Waals surface area contributed by atoms with E-state index in [1.807, 2.05) is 0 Å². The summed E-state index contributed by atoms with van der Waals surface area (Å²) in [6, 6.07) is 0. The Hall–Kier alpha value is -2.46. The lowest BCUT2D eigenvalue weighted by Crippen LogP contribution is -2.30. The van der Waals surface area contributed by atoms with Crippen molar-refractivity contribution in [2.75, 3.05) is 39.6 Å². The van der Waals surface area contributed by atoms with Gasteiger partial charge in [-0.2, -0.15) is 0 Å². The quantitative estimate of drug-likeness (QED) is 0.0169. The van der Waals surface area contributed by atoms with E-state index in [9.17, 15) is 43.2 Å². The zero-order chi connectivity index (χ0) is 66.5. The molecule has 19 heteroatoms. The van der Waals surface area contributed by atoms with Crippen LogP contribution in [0.1, 0.15) is 337 Å². The van der Waals surface area contributed by atoms with Crippen molar-refractivity contribution < 1.29 is 80.2 Å². The van der Waals surface area contributed by atoms with Crippen LogP contribution in [0.15, 0.2) is 24.3 Å². The van der Waals surface area contributed by atoms with Crippen LogP contribution in [0.2, 0.25) is 0 Å². The summed E-state index contributed by atoms with van der Waals surface area (Å²) in [6.07, 6.45) is 50.9. The highest BCUT2D eigenvalue weighted by Crippen LogP contribution is 2.45. The van der Waals surface area contributed by atoms with E-state index in [-0.39, 0.29) is 25.7 Å². The fourth-order valence-corrected chi connectivity index (χ4v) is 11.8. The summed E-state index contributed by atoms with van der Waals surface area (Å²) in [5.41, 5.74) is 0. The van der Waals surface area contributed by atoms with Gasteiger partial charge in [0.1, 0.15) is 19.3 Å². The lowest BCUT2D eigenvalue weighted by atomic mass is 10.0. The molecule has 0 aliphatic carbocycles. The van der Waals surface area contributed by atoms with E-state index in [1.54, 1.807) is 0 Å². The number of carbonyl (C=O) groups is 4. The number of allylic oxidation sites excluding steroid dienone is 4. The van der Waals surface area contributed by atoms with Crippen LogP contribution in [-0.4, -0.2) is 96.7 Å². The Morgan fingerprint density at radius 3 is 0.911 bits per heavy atom. The van der Waals surface area contributed by atoms with E-state index in [0.717, 1.165) is 134 Å². The Balaban J connectivity index is 5.25. The monoisotopic (exact) mass is 1320 g/mol. The molecule has 0 amide bonds. The molecule has 0 bridgehead atoms. The topological polar surface area (TPSA) is 237 Å². The highest BCUT2D eigenvalue weighted by Gasteiger charge is 2.30. The van der Waals surface area contributed by atoms with Gasteiger partial charge in [-0.15, -0.1) is 0 Å². The first-order valence-corrected chi connectivity index (χ1v) is 39.3. The van der Waals surface area contributed by atoms with Crippen molar-refractivity contribution in [3.05, 3.63) is 24.3 Å². The minimum absolute atomic E-state index is 0.100. The lowest BCUT2D eigenvalue weighted by Gasteiger charge is -2.21. The first kappa shape index (κ1) is 87.5. The van der Waals surface area contributed by atoms with Gasteiger partial charge in [0.05, 0.1) is 26.4 Å². The maximum atomic E-state index is 13.0. The van der Waals surface area contributed by atoms with Crippen molar-refractivity contribution >= 4 is 39.5 Å². The smallest absolute Gasteiger partial charge is 0.462 e. The summed E-state index contributed by atoms with van der Waals surface area (Å²) in [5, 5.41) is 10.6. The van der Waals surface area contributed by atoms with E-state index >= 15 is 0 Å². The highest BCUT2D eigenvalue weighted by molar-refractivity contribution is 7.47. The number of hydrogen-bond donors (Lipinski definition) is 3. The zero-order valence-corrected chi connectivity index (χ0v) is 59.7. The predicted molar refractivity (Wildman–Crippen MR) is 363 cm³/mol. The molecule has 0 aliphatic rings. The van der Waals surface area contributed by atoms with E-state index in [1.165, 1.54) is 122 Å². The average molecular weight is 1320 g/mol.